The molecule has 0 N–H and O–H groups in total. The first-order valence-corrected chi connectivity index (χ1v) is 9.62. The van der Waals surface area contributed by atoms with E-state index in [1.807, 2.05) is 0 Å². The van der Waals surface area contributed by atoms with Gasteiger partial charge in [-0.3, -0.25) is 4.79 Å². The van der Waals surface area contributed by atoms with E-state index >= 15 is 0 Å². The van der Waals surface area contributed by atoms with Gasteiger partial charge in [-0.25, -0.2) is 0 Å². The Morgan fingerprint density at radius 3 is 1.38 bits per heavy atom. The second-order valence-electron chi connectivity index (χ2n) is 2.45. The number of halogens is 6. The topological polar surface area (TPSA) is 17.1 Å². The fourth-order valence-corrected chi connectivity index (χ4v) is 3.90. The molecule has 0 spiro atoms. The summed E-state index contributed by atoms with van der Waals surface area (Å²) < 4.78 is 0.259. The van der Waals surface area contributed by atoms with Crippen molar-refractivity contribution >= 4 is 142 Å². The third-order valence-corrected chi connectivity index (χ3v) is 3.76. The monoisotopic (exact) mass is 854 g/mol. The van der Waals surface area contributed by atoms with Crippen molar-refractivity contribution in [1.82, 2.24) is 0 Å². The Morgan fingerprint density at radius 1 is 0.923 bits per heavy atom. The highest BCUT2D eigenvalue weighted by molar-refractivity contribution is 14.3. The zero-order valence-corrected chi connectivity index (χ0v) is 19.1. The van der Waals surface area contributed by atoms with Crippen molar-refractivity contribution in [2.45, 2.75) is 11.7 Å². The summed E-state index contributed by atoms with van der Waals surface area (Å²) in [6.45, 7) is 0. The number of alkyl halides is 6. The minimum absolute atomic E-state index is 0.0522. The Balaban J connectivity index is 4.13. The van der Waals surface area contributed by atoms with Gasteiger partial charge in [0.15, 0.2) is 0 Å². The predicted octanol–water partition coefficient (Wildman–Crippen LogP) is 5.41. The number of hydrogen-bond donors (Lipinski definition) is 0. The summed E-state index contributed by atoms with van der Waals surface area (Å²) in [5.74, 6) is 0.0522. The van der Waals surface area contributed by atoms with Crippen molar-refractivity contribution < 1.29 is 4.79 Å². The lowest BCUT2D eigenvalue weighted by Crippen LogP contribution is -2.16. The van der Waals surface area contributed by atoms with Gasteiger partial charge >= 0.3 is 0 Å². The van der Waals surface area contributed by atoms with Gasteiger partial charge in [-0.15, -0.1) is 0 Å². The molecular formula is C6H5I6O. The second-order valence-corrected chi connectivity index (χ2v) is 25.9. The van der Waals surface area contributed by atoms with Crippen LogP contribution in [0.4, 0.5) is 0 Å². The van der Waals surface area contributed by atoms with Crippen LogP contribution in [-0.4, -0.2) is 5.16 Å². The lowest BCUT2D eigenvalue weighted by Gasteiger charge is -2.20. The highest BCUT2D eigenvalue weighted by Crippen LogP contribution is 2.46. The first-order chi connectivity index (χ1) is 5.64. The van der Waals surface area contributed by atoms with Gasteiger partial charge in [0.05, 0.1) is 0 Å². The summed E-state index contributed by atoms with van der Waals surface area (Å²) in [7, 11) is 0. The molecule has 77 valence electrons. The minimum Gasteiger partial charge on any atom is -0.291 e. The number of hydrogen-bond acceptors (Lipinski definition) is 1. The molecule has 1 radical (unpaired) electrons. The minimum atomic E-state index is 0.0522. The Bertz CT molecular complexity index is 153. The summed E-state index contributed by atoms with van der Waals surface area (Å²) in [6.07, 6.45) is 3.90. The fourth-order valence-electron chi connectivity index (χ4n) is 0.714. The molecule has 0 bridgehead atoms. The first-order valence-electron chi connectivity index (χ1n) is 3.15. The van der Waals surface area contributed by atoms with Gasteiger partial charge in [0.25, 0.3) is 0 Å². The predicted molar refractivity (Wildman–Crippen MR) is 108 cm³/mol. The van der Waals surface area contributed by atoms with Gasteiger partial charge in [-0.1, -0.05) is 136 Å². The average Bonchev–Trinajstić information content (AvgIpc) is 1.79. The highest BCUT2D eigenvalue weighted by Gasteiger charge is 2.29. The Labute approximate surface area is 160 Å². The van der Waals surface area contributed by atoms with Crippen molar-refractivity contribution in [1.29, 1.82) is 0 Å². The van der Waals surface area contributed by atoms with Crippen molar-refractivity contribution in [2.75, 3.05) is 0 Å². The molecule has 0 aliphatic carbocycles. The number of rotatable bonds is 5. The van der Waals surface area contributed by atoms with Gasteiger partial charge in [0, 0.05) is 5.92 Å². The van der Waals surface area contributed by atoms with E-state index in [0.717, 1.165) is 12.8 Å². The zero-order valence-electron chi connectivity index (χ0n) is 6.17. The molecule has 0 amide bonds. The fraction of sp³-hybridized carbons (Fsp3) is 0.833. The number of carbonyl (C=O) groups excluding carboxylic acids is 1. The second kappa shape index (κ2) is 7.48. The molecule has 0 unspecified atom stereocenters. The lowest BCUT2D eigenvalue weighted by molar-refractivity contribution is 0.508. The molecule has 0 aliphatic heterocycles. The van der Waals surface area contributed by atoms with E-state index in [1.165, 1.54) is 0 Å². The van der Waals surface area contributed by atoms with Crippen LogP contribution in [0.15, 0.2) is 0 Å². The molecule has 0 saturated heterocycles. The molecule has 0 aliphatic rings. The van der Waals surface area contributed by atoms with E-state index < -0.39 is 0 Å². The van der Waals surface area contributed by atoms with E-state index in [1.54, 1.807) is 0 Å². The van der Waals surface area contributed by atoms with E-state index in [0.29, 0.717) is 0 Å². The SMILES string of the molecule is O=[C]C(CC(I)(I)I)CC(I)(I)I. The normalized spacial score (nSPS) is 13.5. The average molecular weight is 855 g/mol. The van der Waals surface area contributed by atoms with Gasteiger partial charge in [0.2, 0.25) is 6.29 Å². The highest BCUT2D eigenvalue weighted by atomic mass is 127. The van der Waals surface area contributed by atoms with Crippen LogP contribution in [0.2, 0.25) is 0 Å². The van der Waals surface area contributed by atoms with Crippen molar-refractivity contribution in [3.8, 4) is 0 Å². The van der Waals surface area contributed by atoms with E-state index in [2.05, 4.69) is 142 Å². The van der Waals surface area contributed by atoms with E-state index in [9.17, 15) is 4.79 Å². The Hall–Kier alpha value is 4.05. The quantitative estimate of drug-likeness (QED) is 0.268. The molecule has 0 heterocycles. The van der Waals surface area contributed by atoms with Crippen molar-refractivity contribution in [2.24, 2.45) is 5.92 Å². The third-order valence-electron chi connectivity index (χ3n) is 1.12. The molecule has 13 heavy (non-hydrogen) atoms. The largest absolute Gasteiger partial charge is 0.291 e. The molecule has 0 saturated carbocycles. The van der Waals surface area contributed by atoms with Crippen LogP contribution >= 0.6 is 136 Å². The van der Waals surface area contributed by atoms with Crippen LogP contribution in [0.3, 0.4) is 0 Å². The molecule has 1 nitrogen and oxygen atoms in total. The molecular weight excluding hydrogens is 849 g/mol. The van der Waals surface area contributed by atoms with Crippen LogP contribution in [0.25, 0.3) is 0 Å². The summed E-state index contributed by atoms with van der Waals surface area (Å²) in [5.41, 5.74) is 0. The molecule has 0 rings (SSSR count). The van der Waals surface area contributed by atoms with Crippen LogP contribution in [0.1, 0.15) is 12.8 Å². The van der Waals surface area contributed by atoms with Crippen LogP contribution < -0.4 is 0 Å². The van der Waals surface area contributed by atoms with Crippen LogP contribution in [0, 0.1) is 5.92 Å². The zero-order chi connectivity index (χ0) is 10.7. The van der Waals surface area contributed by atoms with Gasteiger partial charge in [-0.05, 0) is 12.8 Å². The van der Waals surface area contributed by atoms with E-state index in [-0.39, 0.29) is 4.79 Å². The first kappa shape index (κ1) is 17.1. The summed E-state index contributed by atoms with van der Waals surface area (Å²) in [5, 5.41) is 0. The maximum atomic E-state index is 10.7. The molecule has 0 aromatic rings. The Morgan fingerprint density at radius 2 is 1.23 bits per heavy atom. The summed E-state index contributed by atoms with van der Waals surface area (Å²) in [6, 6.07) is 0. The third kappa shape index (κ3) is 12.3. The van der Waals surface area contributed by atoms with Crippen molar-refractivity contribution in [3.63, 3.8) is 0 Å². The van der Waals surface area contributed by atoms with Crippen LogP contribution in [0.5, 0.6) is 0 Å². The summed E-state index contributed by atoms with van der Waals surface area (Å²) in [4.78, 5) is 10.7. The maximum absolute atomic E-state index is 10.7. The van der Waals surface area contributed by atoms with Crippen LogP contribution in [-0.2, 0) is 4.79 Å². The van der Waals surface area contributed by atoms with Gasteiger partial charge in [-0.2, -0.15) is 0 Å². The van der Waals surface area contributed by atoms with Crippen molar-refractivity contribution in [3.05, 3.63) is 0 Å². The summed E-state index contributed by atoms with van der Waals surface area (Å²) >= 11 is 14.1. The molecule has 0 atom stereocenters. The van der Waals surface area contributed by atoms with Gasteiger partial charge in [0.1, 0.15) is -1.13 Å². The molecule has 0 aromatic carbocycles. The smallest absolute Gasteiger partial charge is 0.201 e. The lowest BCUT2D eigenvalue weighted by atomic mass is 10.1. The van der Waals surface area contributed by atoms with E-state index in [4.69, 9.17) is 0 Å². The molecule has 0 aromatic heterocycles. The molecule has 0 fully saturated rings. The maximum Gasteiger partial charge on any atom is 0.201 e. The van der Waals surface area contributed by atoms with Gasteiger partial charge < -0.3 is 0 Å². The standard InChI is InChI=1S/C6H5I6O/c7-5(8,9)1-4(3-13)2-6(10,11)12/h4H,1-2H2. The Kier molecular flexibility index (Phi) is 9.81. The molecule has 7 heteroatoms.